The Morgan fingerprint density at radius 1 is 1.33 bits per heavy atom. The molecule has 2 rings (SSSR count). The molecule has 15 heavy (non-hydrogen) atoms. The van der Waals surface area contributed by atoms with E-state index >= 15 is 0 Å². The zero-order valence-electron chi connectivity index (χ0n) is 9.01. The highest BCUT2D eigenvalue weighted by molar-refractivity contribution is 5.47. The van der Waals surface area contributed by atoms with Crippen molar-refractivity contribution in [1.82, 2.24) is 9.78 Å². The lowest BCUT2D eigenvalue weighted by Crippen LogP contribution is -1.95. The molecule has 0 aliphatic carbocycles. The number of nitrogens with two attached hydrogens (primary N) is 1. The van der Waals surface area contributed by atoms with Gasteiger partial charge in [0.15, 0.2) is 0 Å². The summed E-state index contributed by atoms with van der Waals surface area (Å²) in [6.45, 7) is 4.31. The lowest BCUT2D eigenvalue weighted by atomic mass is 10.1. The Labute approximate surface area is 89.5 Å². The van der Waals surface area contributed by atoms with Crippen molar-refractivity contribution in [3.05, 3.63) is 42.2 Å². The van der Waals surface area contributed by atoms with Crippen LogP contribution in [-0.4, -0.2) is 9.78 Å². The smallest absolute Gasteiger partial charge is 0.0666 e. The van der Waals surface area contributed by atoms with Crippen LogP contribution >= 0.6 is 0 Å². The molecule has 1 aromatic carbocycles. The van der Waals surface area contributed by atoms with Gasteiger partial charge in [-0.15, -0.1) is 0 Å². The van der Waals surface area contributed by atoms with Crippen LogP contribution in [0.4, 0.5) is 5.69 Å². The topological polar surface area (TPSA) is 43.8 Å². The molecule has 1 heterocycles. The van der Waals surface area contributed by atoms with Crippen LogP contribution in [0.5, 0.6) is 0 Å². The van der Waals surface area contributed by atoms with E-state index in [2.05, 4.69) is 18.9 Å². The fourth-order valence-corrected chi connectivity index (χ4v) is 1.44. The number of aromatic nitrogens is 2. The molecule has 0 bridgehead atoms. The summed E-state index contributed by atoms with van der Waals surface area (Å²) in [5.74, 6) is 0.500. The Bertz CT molecular complexity index is 457. The average Bonchev–Trinajstić information content (AvgIpc) is 2.66. The molecule has 2 N–H and O–H groups in total. The number of benzene rings is 1. The molecule has 0 unspecified atom stereocenters. The Morgan fingerprint density at radius 2 is 2.13 bits per heavy atom. The van der Waals surface area contributed by atoms with E-state index in [1.54, 1.807) is 0 Å². The molecule has 0 aliphatic heterocycles. The van der Waals surface area contributed by atoms with Crippen molar-refractivity contribution >= 4 is 5.69 Å². The molecular formula is C12H15N3. The van der Waals surface area contributed by atoms with Crippen molar-refractivity contribution in [1.29, 1.82) is 0 Å². The number of nitrogens with zero attached hydrogens (tertiary/aromatic N) is 2. The molecule has 0 aliphatic rings. The molecule has 0 fully saturated rings. The SMILES string of the molecule is CC(C)c1cnn(-c2cccc(N)c2)c1. The van der Waals surface area contributed by atoms with Crippen LogP contribution in [0.2, 0.25) is 0 Å². The first-order valence-electron chi connectivity index (χ1n) is 5.07. The molecule has 0 amide bonds. The molecular weight excluding hydrogens is 186 g/mol. The Hall–Kier alpha value is -1.77. The van der Waals surface area contributed by atoms with Gasteiger partial charge in [0.25, 0.3) is 0 Å². The van der Waals surface area contributed by atoms with Crippen LogP contribution in [0.25, 0.3) is 5.69 Å². The maximum Gasteiger partial charge on any atom is 0.0666 e. The summed E-state index contributed by atoms with van der Waals surface area (Å²) >= 11 is 0. The monoisotopic (exact) mass is 201 g/mol. The number of rotatable bonds is 2. The molecule has 0 saturated heterocycles. The van der Waals surface area contributed by atoms with Crippen LogP contribution in [0.15, 0.2) is 36.7 Å². The summed E-state index contributed by atoms with van der Waals surface area (Å²) in [6, 6.07) is 7.71. The number of hydrogen-bond acceptors (Lipinski definition) is 2. The van der Waals surface area contributed by atoms with Crippen LogP contribution < -0.4 is 5.73 Å². The lowest BCUT2D eigenvalue weighted by Gasteiger charge is -2.02. The van der Waals surface area contributed by atoms with Gasteiger partial charge in [-0.2, -0.15) is 5.10 Å². The van der Waals surface area contributed by atoms with Gasteiger partial charge in [-0.1, -0.05) is 19.9 Å². The first kappa shape index (κ1) is 9.77. The standard InChI is InChI=1S/C12H15N3/c1-9(2)10-7-14-15(8-10)12-5-3-4-11(13)6-12/h3-9H,13H2,1-2H3. The quantitative estimate of drug-likeness (QED) is 0.759. The highest BCUT2D eigenvalue weighted by Gasteiger charge is 2.03. The fourth-order valence-electron chi connectivity index (χ4n) is 1.44. The number of nitrogen functional groups attached to an aromatic ring is 1. The van der Waals surface area contributed by atoms with E-state index < -0.39 is 0 Å². The second-order valence-corrected chi connectivity index (χ2v) is 3.97. The fraction of sp³-hybridized carbons (Fsp3) is 0.250. The van der Waals surface area contributed by atoms with Crippen molar-refractivity contribution < 1.29 is 0 Å². The van der Waals surface area contributed by atoms with Crippen LogP contribution in [0.1, 0.15) is 25.3 Å². The number of anilines is 1. The van der Waals surface area contributed by atoms with Gasteiger partial charge in [-0.05, 0) is 29.7 Å². The van der Waals surface area contributed by atoms with Crippen molar-refractivity contribution in [2.24, 2.45) is 0 Å². The highest BCUT2D eigenvalue weighted by Crippen LogP contribution is 2.16. The van der Waals surface area contributed by atoms with E-state index in [0.29, 0.717) is 5.92 Å². The summed E-state index contributed by atoms with van der Waals surface area (Å²) in [6.07, 6.45) is 3.94. The van der Waals surface area contributed by atoms with Gasteiger partial charge in [0, 0.05) is 11.9 Å². The minimum absolute atomic E-state index is 0.500. The van der Waals surface area contributed by atoms with Gasteiger partial charge >= 0.3 is 0 Å². The summed E-state index contributed by atoms with van der Waals surface area (Å²) in [5.41, 5.74) is 8.72. The average molecular weight is 201 g/mol. The van der Waals surface area contributed by atoms with Gasteiger partial charge in [0.2, 0.25) is 0 Å². The van der Waals surface area contributed by atoms with E-state index in [1.807, 2.05) is 41.3 Å². The third-order valence-electron chi connectivity index (χ3n) is 2.40. The maximum absolute atomic E-state index is 5.72. The third kappa shape index (κ3) is 2.01. The molecule has 3 heteroatoms. The van der Waals surface area contributed by atoms with Crippen molar-refractivity contribution in [3.63, 3.8) is 0 Å². The predicted octanol–water partition coefficient (Wildman–Crippen LogP) is 2.58. The molecule has 78 valence electrons. The van der Waals surface area contributed by atoms with E-state index in [9.17, 15) is 0 Å². The summed E-state index contributed by atoms with van der Waals surface area (Å²) in [7, 11) is 0. The normalized spacial score (nSPS) is 10.9. The summed E-state index contributed by atoms with van der Waals surface area (Å²) in [5, 5.41) is 4.31. The van der Waals surface area contributed by atoms with E-state index in [-0.39, 0.29) is 0 Å². The Kier molecular flexibility index (Phi) is 2.46. The molecule has 0 spiro atoms. The van der Waals surface area contributed by atoms with Gasteiger partial charge in [0.1, 0.15) is 0 Å². The second-order valence-electron chi connectivity index (χ2n) is 3.97. The summed E-state index contributed by atoms with van der Waals surface area (Å²) < 4.78 is 1.85. The van der Waals surface area contributed by atoms with Crippen molar-refractivity contribution in [3.8, 4) is 5.69 Å². The lowest BCUT2D eigenvalue weighted by molar-refractivity contribution is 0.858. The first-order chi connectivity index (χ1) is 7.16. The highest BCUT2D eigenvalue weighted by atomic mass is 15.3. The first-order valence-corrected chi connectivity index (χ1v) is 5.07. The third-order valence-corrected chi connectivity index (χ3v) is 2.40. The second kappa shape index (κ2) is 3.77. The van der Waals surface area contributed by atoms with E-state index in [0.717, 1.165) is 11.4 Å². The van der Waals surface area contributed by atoms with Crippen LogP contribution in [-0.2, 0) is 0 Å². The van der Waals surface area contributed by atoms with E-state index in [1.165, 1.54) is 5.56 Å². The molecule has 0 saturated carbocycles. The van der Waals surface area contributed by atoms with Gasteiger partial charge in [-0.25, -0.2) is 4.68 Å². The molecule has 2 aromatic rings. The Morgan fingerprint density at radius 3 is 2.73 bits per heavy atom. The van der Waals surface area contributed by atoms with Crippen LogP contribution in [0.3, 0.4) is 0 Å². The van der Waals surface area contributed by atoms with Gasteiger partial charge in [-0.3, -0.25) is 0 Å². The minimum atomic E-state index is 0.500. The van der Waals surface area contributed by atoms with Crippen molar-refractivity contribution in [2.75, 3.05) is 5.73 Å². The molecule has 0 atom stereocenters. The molecule has 3 nitrogen and oxygen atoms in total. The zero-order valence-corrected chi connectivity index (χ0v) is 9.01. The Balaban J connectivity index is 2.37. The zero-order chi connectivity index (χ0) is 10.8. The van der Waals surface area contributed by atoms with Crippen molar-refractivity contribution in [2.45, 2.75) is 19.8 Å². The van der Waals surface area contributed by atoms with Gasteiger partial charge < -0.3 is 5.73 Å². The summed E-state index contributed by atoms with van der Waals surface area (Å²) in [4.78, 5) is 0. The van der Waals surface area contributed by atoms with Crippen LogP contribution in [0, 0.1) is 0 Å². The van der Waals surface area contributed by atoms with Gasteiger partial charge in [0.05, 0.1) is 11.9 Å². The predicted molar refractivity (Wildman–Crippen MR) is 62.1 cm³/mol. The molecule has 1 aromatic heterocycles. The largest absolute Gasteiger partial charge is 0.399 e. The number of hydrogen-bond donors (Lipinski definition) is 1. The van der Waals surface area contributed by atoms with E-state index in [4.69, 9.17) is 5.73 Å². The molecule has 0 radical (unpaired) electrons. The minimum Gasteiger partial charge on any atom is -0.399 e. The maximum atomic E-state index is 5.72.